The molecule has 1 aromatic carbocycles. The Labute approximate surface area is 303 Å². The van der Waals surface area contributed by atoms with E-state index in [1.165, 1.54) is 24.5 Å². The third-order valence-electron chi connectivity index (χ3n) is 8.77. The normalized spacial score (nSPS) is 14.7. The minimum atomic E-state index is -0.905. The molecular formula is C38H59N7O6. The van der Waals surface area contributed by atoms with Crippen LogP contribution in [0.25, 0.3) is 0 Å². The lowest BCUT2D eigenvalue weighted by Gasteiger charge is -2.29. The highest BCUT2D eigenvalue weighted by Gasteiger charge is 2.31. The molecule has 0 saturated carbocycles. The van der Waals surface area contributed by atoms with Crippen molar-refractivity contribution >= 4 is 29.5 Å². The van der Waals surface area contributed by atoms with Crippen LogP contribution in [0, 0.1) is 17.0 Å². The van der Waals surface area contributed by atoms with Crippen molar-refractivity contribution in [3.05, 3.63) is 71.2 Å². The lowest BCUT2D eigenvalue weighted by molar-refractivity contribution is -0.605. The highest BCUT2D eigenvalue weighted by Crippen LogP contribution is 2.12. The van der Waals surface area contributed by atoms with E-state index in [9.17, 15) is 29.2 Å². The van der Waals surface area contributed by atoms with Crippen molar-refractivity contribution in [1.29, 1.82) is 0 Å². The molecule has 0 spiro atoms. The van der Waals surface area contributed by atoms with Gasteiger partial charge in [-0.15, -0.1) is 0 Å². The summed E-state index contributed by atoms with van der Waals surface area (Å²) in [5.74, 6) is -1.91. The maximum atomic E-state index is 13.7. The highest BCUT2D eigenvalue weighted by atomic mass is 16.5. The smallest absolute Gasteiger partial charge is 0.252 e. The van der Waals surface area contributed by atoms with Crippen LogP contribution < -0.4 is 36.6 Å². The van der Waals surface area contributed by atoms with Gasteiger partial charge >= 0.3 is 0 Å². The predicted octanol–water partition coefficient (Wildman–Crippen LogP) is 2.51. The minimum absolute atomic E-state index is 0.222. The first-order valence-electron chi connectivity index (χ1n) is 18.2. The number of benzene rings is 1. The summed E-state index contributed by atoms with van der Waals surface area (Å²) >= 11 is 0. The van der Waals surface area contributed by atoms with Crippen LogP contribution in [0.1, 0.15) is 96.5 Å². The van der Waals surface area contributed by atoms with E-state index < -0.39 is 36.0 Å². The summed E-state index contributed by atoms with van der Waals surface area (Å²) in [6.45, 7) is 14.0. The van der Waals surface area contributed by atoms with Crippen LogP contribution in [0.15, 0.2) is 54.9 Å². The maximum Gasteiger partial charge on any atom is 0.252 e. The van der Waals surface area contributed by atoms with Gasteiger partial charge in [0.25, 0.3) is 5.91 Å². The Kier molecular flexibility index (Phi) is 18.7. The number of nitrogens with zero attached hydrogens (tertiary/aromatic N) is 1. The second-order valence-electron chi connectivity index (χ2n) is 13.6. The summed E-state index contributed by atoms with van der Waals surface area (Å²) in [4.78, 5) is 66.2. The number of nitrogens with one attached hydrogen (secondary N) is 6. The number of pyridine rings is 1. The first-order chi connectivity index (χ1) is 24.3. The lowest BCUT2D eigenvalue weighted by atomic mass is 9.97. The zero-order chi connectivity index (χ0) is 37.9. The maximum absolute atomic E-state index is 13.7. The van der Waals surface area contributed by atoms with Crippen LogP contribution >= 0.6 is 0 Å². The molecule has 6 atom stereocenters. The molecule has 5 amide bonds. The van der Waals surface area contributed by atoms with Gasteiger partial charge in [0.05, 0.1) is 11.6 Å². The Bertz CT molecular complexity index is 1390. The van der Waals surface area contributed by atoms with Crippen molar-refractivity contribution in [2.45, 2.75) is 117 Å². The fourth-order valence-electron chi connectivity index (χ4n) is 5.60. The number of amides is 5. The first-order valence-corrected chi connectivity index (χ1v) is 18.2. The number of hydrogen-bond donors (Lipinski definition) is 6. The molecule has 13 nitrogen and oxygen atoms in total. The van der Waals surface area contributed by atoms with Gasteiger partial charge in [-0.05, 0) is 56.9 Å². The van der Waals surface area contributed by atoms with E-state index in [1.54, 1.807) is 6.92 Å². The molecular weight excluding hydrogens is 650 g/mol. The van der Waals surface area contributed by atoms with Crippen molar-refractivity contribution in [3.63, 3.8) is 0 Å². The predicted molar refractivity (Wildman–Crippen MR) is 197 cm³/mol. The third-order valence-corrected chi connectivity index (χ3v) is 8.77. The molecule has 0 fully saturated rings. The van der Waals surface area contributed by atoms with Gasteiger partial charge in [-0.25, -0.2) is 0 Å². The zero-order valence-electron chi connectivity index (χ0n) is 31.3. The van der Waals surface area contributed by atoms with Gasteiger partial charge in [0, 0.05) is 31.3 Å². The summed E-state index contributed by atoms with van der Waals surface area (Å²) in [5, 5.41) is 29.0. The van der Waals surface area contributed by atoms with Crippen LogP contribution in [-0.2, 0) is 25.6 Å². The zero-order valence-corrected chi connectivity index (χ0v) is 31.3. The molecule has 0 aliphatic rings. The summed E-state index contributed by atoms with van der Waals surface area (Å²) in [6, 6.07) is 9.07. The Morgan fingerprint density at radius 1 is 0.745 bits per heavy atom. The van der Waals surface area contributed by atoms with E-state index in [1.807, 2.05) is 71.9 Å². The molecule has 282 valence electrons. The van der Waals surface area contributed by atoms with E-state index in [2.05, 4.69) is 31.9 Å². The largest absolute Gasteiger partial charge is 0.619 e. The molecule has 0 bridgehead atoms. The molecule has 6 N–H and O–H groups in total. The average molecular weight is 710 g/mol. The fourth-order valence-corrected chi connectivity index (χ4v) is 5.60. The molecule has 0 unspecified atom stereocenters. The van der Waals surface area contributed by atoms with Gasteiger partial charge in [-0.2, -0.15) is 4.73 Å². The average Bonchev–Trinajstić information content (AvgIpc) is 3.10. The number of carbonyl (C=O) groups is 5. The number of likely N-dealkylation sites (N-methyl/N-ethyl adjacent to an activating group) is 1. The van der Waals surface area contributed by atoms with Gasteiger partial charge in [0.15, 0.2) is 12.4 Å². The molecule has 51 heavy (non-hydrogen) atoms. The van der Waals surface area contributed by atoms with Crippen LogP contribution in [0.2, 0.25) is 0 Å². The summed E-state index contributed by atoms with van der Waals surface area (Å²) in [7, 11) is 0. The van der Waals surface area contributed by atoms with Crippen LogP contribution in [0.3, 0.4) is 0 Å². The van der Waals surface area contributed by atoms with Crippen molar-refractivity contribution in [3.8, 4) is 0 Å². The first kappa shape index (κ1) is 42.6. The second-order valence-corrected chi connectivity index (χ2v) is 13.6. The monoisotopic (exact) mass is 709 g/mol. The Morgan fingerprint density at radius 2 is 1.37 bits per heavy atom. The second kappa shape index (κ2) is 22.3. The molecule has 1 heterocycles. The van der Waals surface area contributed by atoms with Crippen LogP contribution in [0.5, 0.6) is 0 Å². The number of aromatic nitrogens is 1. The van der Waals surface area contributed by atoms with E-state index in [-0.39, 0.29) is 47.7 Å². The van der Waals surface area contributed by atoms with Crippen molar-refractivity contribution in [1.82, 2.24) is 31.9 Å². The SMILES string of the molecule is CCC[C@H](NC(=O)[C@@H](NC(=O)c1cc[n+]([O-])cc1)[C@@H](C)CC)C(=O)N[C@H](CN[C@@H](C)C(=O)N[C@@H](CCc1ccccc1)C(=O)NCC)CC(C)C. The molecule has 0 aliphatic carbocycles. The molecule has 13 heteroatoms. The van der Waals surface area contributed by atoms with E-state index in [4.69, 9.17) is 0 Å². The molecule has 0 aliphatic heterocycles. The van der Waals surface area contributed by atoms with Gasteiger partial charge in [-0.3, -0.25) is 24.0 Å². The highest BCUT2D eigenvalue weighted by molar-refractivity contribution is 5.98. The molecule has 0 saturated heterocycles. The van der Waals surface area contributed by atoms with E-state index in [0.29, 0.717) is 49.8 Å². The van der Waals surface area contributed by atoms with Crippen molar-refractivity contribution in [2.75, 3.05) is 13.1 Å². The van der Waals surface area contributed by atoms with E-state index >= 15 is 0 Å². The lowest BCUT2D eigenvalue weighted by Crippen LogP contribution is -2.58. The van der Waals surface area contributed by atoms with Gasteiger partial charge in [0.2, 0.25) is 23.6 Å². The van der Waals surface area contributed by atoms with Gasteiger partial charge < -0.3 is 37.1 Å². The number of rotatable bonds is 22. The molecule has 2 aromatic rings. The van der Waals surface area contributed by atoms with Crippen LogP contribution in [-0.4, -0.2) is 72.8 Å². The quantitative estimate of drug-likeness (QED) is 0.0802. The fraction of sp³-hybridized carbons (Fsp3) is 0.579. The molecule has 0 radical (unpaired) electrons. The topological polar surface area (TPSA) is 184 Å². The molecule has 2 rings (SSSR count). The standard InChI is InChI=1S/C38H59N7O6/c1-8-14-31(43-38(50)33(26(6)9-2)44-35(47)29-19-21-45(51)22-20-29)37(49)41-30(23-25(4)5)24-40-27(7)34(46)42-32(36(48)39-10-3)18-17-28-15-12-11-13-16-28/h11-13,15-16,19-22,25-27,30-33,40H,8-10,14,17-18,23-24H2,1-7H3,(H,39,48)(H,41,49)(H,42,46)(H,43,50)(H,44,47)/t26-,27-,30-,31-,32-,33-/m0/s1. The Balaban J connectivity index is 2.07. The summed E-state index contributed by atoms with van der Waals surface area (Å²) in [6.07, 6.45) is 5.71. The van der Waals surface area contributed by atoms with Gasteiger partial charge in [0.1, 0.15) is 18.1 Å². The Morgan fingerprint density at radius 3 is 1.96 bits per heavy atom. The number of carbonyl (C=O) groups excluding carboxylic acids is 5. The Hall–Kier alpha value is -4.52. The van der Waals surface area contributed by atoms with E-state index in [0.717, 1.165) is 5.56 Å². The van der Waals surface area contributed by atoms with Gasteiger partial charge in [-0.1, -0.05) is 77.8 Å². The van der Waals surface area contributed by atoms with Crippen molar-refractivity contribution in [2.24, 2.45) is 11.8 Å². The number of aryl methyl sites for hydroxylation is 1. The summed E-state index contributed by atoms with van der Waals surface area (Å²) in [5.41, 5.74) is 1.31. The van der Waals surface area contributed by atoms with Crippen LogP contribution in [0.4, 0.5) is 0 Å². The summed E-state index contributed by atoms with van der Waals surface area (Å²) < 4.78 is 0.569. The molecule has 1 aromatic heterocycles. The number of hydrogen-bond acceptors (Lipinski definition) is 7. The van der Waals surface area contributed by atoms with Crippen molar-refractivity contribution < 1.29 is 28.7 Å². The third kappa shape index (κ3) is 15.1. The minimum Gasteiger partial charge on any atom is -0.619 e.